The second-order valence-electron chi connectivity index (χ2n) is 8.54. The van der Waals surface area contributed by atoms with Crippen LogP contribution in [0.15, 0.2) is 47.4 Å². The molecule has 1 saturated heterocycles. The zero-order chi connectivity index (χ0) is 24.0. The first-order valence-corrected chi connectivity index (χ1v) is 13.3. The minimum Gasteiger partial charge on any atom is -0.497 e. The van der Waals surface area contributed by atoms with Crippen molar-refractivity contribution < 1.29 is 27.4 Å². The van der Waals surface area contributed by atoms with Crippen molar-refractivity contribution >= 4 is 15.9 Å². The SMILES string of the molecule is COc1cccc(C2CCCN2C(=O)CCCCCNS(=O)(=O)c2ccc3c(c2)OCCO3)c1. The van der Waals surface area contributed by atoms with Crippen LogP contribution in [0.25, 0.3) is 0 Å². The van der Waals surface area contributed by atoms with Crippen LogP contribution < -0.4 is 18.9 Å². The van der Waals surface area contributed by atoms with E-state index in [-0.39, 0.29) is 16.8 Å². The van der Waals surface area contributed by atoms with E-state index in [9.17, 15) is 13.2 Å². The number of hydrogen-bond donors (Lipinski definition) is 1. The van der Waals surface area contributed by atoms with E-state index < -0.39 is 10.0 Å². The van der Waals surface area contributed by atoms with Gasteiger partial charge in [0.25, 0.3) is 0 Å². The third kappa shape index (κ3) is 5.82. The number of amides is 1. The van der Waals surface area contributed by atoms with Gasteiger partial charge in [-0.2, -0.15) is 0 Å². The maximum absolute atomic E-state index is 12.8. The maximum Gasteiger partial charge on any atom is 0.240 e. The highest BCUT2D eigenvalue weighted by Gasteiger charge is 2.29. The Morgan fingerprint density at radius 1 is 1.09 bits per heavy atom. The normalized spacial score (nSPS) is 17.6. The first-order valence-electron chi connectivity index (χ1n) is 11.8. The number of carbonyl (C=O) groups is 1. The molecule has 1 unspecified atom stereocenters. The molecule has 0 radical (unpaired) electrons. The largest absolute Gasteiger partial charge is 0.497 e. The van der Waals surface area contributed by atoms with E-state index in [2.05, 4.69) is 4.72 Å². The summed E-state index contributed by atoms with van der Waals surface area (Å²) in [6, 6.07) is 12.6. The van der Waals surface area contributed by atoms with E-state index in [0.29, 0.717) is 44.1 Å². The van der Waals surface area contributed by atoms with Crippen LogP contribution in [-0.4, -0.2) is 52.6 Å². The molecule has 0 spiro atoms. The van der Waals surface area contributed by atoms with Crippen molar-refractivity contribution in [2.24, 2.45) is 0 Å². The van der Waals surface area contributed by atoms with Gasteiger partial charge in [0.1, 0.15) is 19.0 Å². The van der Waals surface area contributed by atoms with Crippen molar-refractivity contribution in [3.05, 3.63) is 48.0 Å². The second kappa shape index (κ2) is 11.1. The van der Waals surface area contributed by atoms with Crippen LogP contribution in [0.1, 0.15) is 50.1 Å². The molecule has 1 atom stereocenters. The molecule has 4 rings (SSSR count). The van der Waals surface area contributed by atoms with Crippen molar-refractivity contribution in [3.63, 3.8) is 0 Å². The van der Waals surface area contributed by atoms with Gasteiger partial charge in [-0.1, -0.05) is 18.6 Å². The molecule has 0 bridgehead atoms. The number of ether oxygens (including phenoxy) is 3. The number of methoxy groups -OCH3 is 1. The number of unbranched alkanes of at least 4 members (excludes halogenated alkanes) is 2. The Balaban J connectivity index is 1.20. The smallest absolute Gasteiger partial charge is 0.240 e. The number of hydrogen-bond acceptors (Lipinski definition) is 6. The van der Waals surface area contributed by atoms with E-state index in [1.54, 1.807) is 13.2 Å². The highest BCUT2D eigenvalue weighted by Crippen LogP contribution is 2.34. The average molecular weight is 489 g/mol. The molecule has 0 aliphatic carbocycles. The van der Waals surface area contributed by atoms with Gasteiger partial charge in [0, 0.05) is 25.6 Å². The lowest BCUT2D eigenvalue weighted by Gasteiger charge is -2.25. The maximum atomic E-state index is 12.8. The summed E-state index contributed by atoms with van der Waals surface area (Å²) in [5.74, 6) is 1.96. The van der Waals surface area contributed by atoms with E-state index in [1.165, 1.54) is 12.1 Å². The van der Waals surface area contributed by atoms with Crippen molar-refractivity contribution in [2.75, 3.05) is 33.4 Å². The number of benzene rings is 2. The predicted octanol–water partition coefficient (Wildman–Crippen LogP) is 3.67. The molecule has 1 amide bonds. The van der Waals surface area contributed by atoms with Gasteiger partial charge in [0.05, 0.1) is 18.0 Å². The Labute approximate surface area is 201 Å². The Bertz CT molecular complexity index is 1100. The lowest BCUT2D eigenvalue weighted by molar-refractivity contribution is -0.132. The number of likely N-dealkylation sites (tertiary alicyclic amines) is 1. The molecule has 1 N–H and O–H groups in total. The van der Waals surface area contributed by atoms with Gasteiger partial charge in [-0.05, 0) is 55.5 Å². The summed E-state index contributed by atoms with van der Waals surface area (Å²) >= 11 is 0. The molecule has 2 aliphatic heterocycles. The number of sulfonamides is 1. The molecule has 2 aliphatic rings. The predicted molar refractivity (Wildman–Crippen MR) is 128 cm³/mol. The fourth-order valence-corrected chi connectivity index (χ4v) is 5.55. The van der Waals surface area contributed by atoms with E-state index in [1.807, 2.05) is 29.2 Å². The Kier molecular flexibility index (Phi) is 7.95. The average Bonchev–Trinajstić information content (AvgIpc) is 3.36. The molecule has 0 saturated carbocycles. The minimum absolute atomic E-state index is 0.0976. The quantitative estimate of drug-likeness (QED) is 0.513. The van der Waals surface area contributed by atoms with Crippen LogP contribution in [0.2, 0.25) is 0 Å². The highest BCUT2D eigenvalue weighted by atomic mass is 32.2. The topological polar surface area (TPSA) is 94.2 Å². The molecule has 2 aromatic rings. The van der Waals surface area contributed by atoms with E-state index in [0.717, 1.165) is 43.5 Å². The van der Waals surface area contributed by atoms with E-state index >= 15 is 0 Å². The Morgan fingerprint density at radius 3 is 2.74 bits per heavy atom. The van der Waals surface area contributed by atoms with Crippen LogP contribution >= 0.6 is 0 Å². The molecule has 2 aromatic carbocycles. The zero-order valence-electron chi connectivity index (χ0n) is 19.5. The fraction of sp³-hybridized carbons (Fsp3) is 0.480. The molecule has 1 fully saturated rings. The first kappa shape index (κ1) is 24.3. The van der Waals surface area contributed by atoms with Crippen molar-refractivity contribution in [3.8, 4) is 17.2 Å². The fourth-order valence-electron chi connectivity index (χ4n) is 4.46. The summed E-state index contributed by atoms with van der Waals surface area (Å²) in [5.41, 5.74) is 1.11. The Hall–Kier alpha value is -2.78. The number of fused-ring (bicyclic) bond motifs is 1. The third-order valence-electron chi connectivity index (χ3n) is 6.24. The summed E-state index contributed by atoms with van der Waals surface area (Å²) in [5, 5.41) is 0. The van der Waals surface area contributed by atoms with Crippen LogP contribution in [0, 0.1) is 0 Å². The number of nitrogens with zero attached hydrogens (tertiary/aromatic N) is 1. The lowest BCUT2D eigenvalue weighted by atomic mass is 10.0. The molecular weight excluding hydrogens is 456 g/mol. The summed E-state index contributed by atoms with van der Waals surface area (Å²) in [6.45, 7) is 1.96. The molecule has 8 nitrogen and oxygen atoms in total. The third-order valence-corrected chi connectivity index (χ3v) is 7.69. The van der Waals surface area contributed by atoms with Crippen molar-refractivity contribution in [1.82, 2.24) is 9.62 Å². The van der Waals surface area contributed by atoms with Gasteiger partial charge in [-0.3, -0.25) is 4.79 Å². The van der Waals surface area contributed by atoms with Crippen LogP contribution in [0.5, 0.6) is 17.2 Å². The molecule has 184 valence electrons. The number of rotatable bonds is 10. The first-order chi connectivity index (χ1) is 16.5. The van der Waals surface area contributed by atoms with Crippen LogP contribution in [0.4, 0.5) is 0 Å². The van der Waals surface area contributed by atoms with E-state index in [4.69, 9.17) is 14.2 Å². The van der Waals surface area contributed by atoms with Gasteiger partial charge in [-0.15, -0.1) is 0 Å². The van der Waals surface area contributed by atoms with Gasteiger partial charge in [-0.25, -0.2) is 13.1 Å². The lowest BCUT2D eigenvalue weighted by Crippen LogP contribution is -2.30. The zero-order valence-corrected chi connectivity index (χ0v) is 20.3. The Morgan fingerprint density at radius 2 is 1.91 bits per heavy atom. The van der Waals surface area contributed by atoms with Crippen molar-refractivity contribution in [1.29, 1.82) is 0 Å². The summed E-state index contributed by atoms with van der Waals surface area (Å²) in [7, 11) is -1.98. The second-order valence-corrected chi connectivity index (χ2v) is 10.3. The molecule has 0 aromatic heterocycles. The van der Waals surface area contributed by atoms with Gasteiger partial charge in [0.15, 0.2) is 11.5 Å². The summed E-state index contributed by atoms with van der Waals surface area (Å²) in [4.78, 5) is 15.0. The monoisotopic (exact) mass is 488 g/mol. The van der Waals surface area contributed by atoms with Gasteiger partial charge < -0.3 is 19.1 Å². The van der Waals surface area contributed by atoms with Crippen LogP contribution in [0.3, 0.4) is 0 Å². The van der Waals surface area contributed by atoms with Crippen LogP contribution in [-0.2, 0) is 14.8 Å². The summed E-state index contributed by atoms with van der Waals surface area (Å²) in [6.07, 6.45) is 4.58. The standard InChI is InChI=1S/C25H32N2O6S/c1-31-20-8-5-7-19(17-20)22-9-6-14-27(22)25(28)10-3-2-4-13-26-34(29,30)21-11-12-23-24(18-21)33-16-15-32-23/h5,7-8,11-12,17-18,22,26H,2-4,6,9-10,13-16H2,1H3. The molecule has 9 heteroatoms. The molecule has 2 heterocycles. The van der Waals surface area contributed by atoms with Gasteiger partial charge >= 0.3 is 0 Å². The molecule has 34 heavy (non-hydrogen) atoms. The summed E-state index contributed by atoms with van der Waals surface area (Å²) < 4.78 is 44.0. The number of nitrogens with one attached hydrogen (secondary N) is 1. The van der Waals surface area contributed by atoms with Gasteiger partial charge in [0.2, 0.25) is 15.9 Å². The molecular formula is C25H32N2O6S. The minimum atomic E-state index is -3.63. The van der Waals surface area contributed by atoms with Crippen molar-refractivity contribution in [2.45, 2.75) is 49.5 Å². The highest BCUT2D eigenvalue weighted by molar-refractivity contribution is 7.89. The number of carbonyl (C=O) groups excluding carboxylic acids is 1.